The van der Waals surface area contributed by atoms with Gasteiger partial charge in [0.2, 0.25) is 0 Å². The van der Waals surface area contributed by atoms with Crippen molar-refractivity contribution in [1.82, 2.24) is 0 Å². The van der Waals surface area contributed by atoms with E-state index in [1.807, 2.05) is 6.07 Å². The van der Waals surface area contributed by atoms with Crippen molar-refractivity contribution in [2.75, 3.05) is 0 Å². The summed E-state index contributed by atoms with van der Waals surface area (Å²) < 4.78 is 0. The number of allylic oxidation sites excluding steroid dienone is 2. The van der Waals surface area contributed by atoms with Gasteiger partial charge in [-0.05, 0) is 49.7 Å². The molecule has 1 aliphatic carbocycles. The van der Waals surface area contributed by atoms with Gasteiger partial charge in [0, 0.05) is 11.5 Å². The maximum absolute atomic E-state index is 10.6. The lowest BCUT2D eigenvalue weighted by Gasteiger charge is -2.27. The number of benzene rings is 1. The van der Waals surface area contributed by atoms with Crippen molar-refractivity contribution in [3.05, 3.63) is 41.0 Å². The monoisotopic (exact) mass is 314 g/mol. The van der Waals surface area contributed by atoms with E-state index in [4.69, 9.17) is 0 Å². The SMILES string of the molecule is CCCCCCC(C)(C)c1ccc(C2C=C(C)CCC2)c(O)c1. The fraction of sp³-hybridized carbons (Fsp3) is 0.636. The molecule has 0 saturated heterocycles. The molecule has 1 aromatic rings. The molecule has 0 spiro atoms. The van der Waals surface area contributed by atoms with Crippen molar-refractivity contribution < 1.29 is 5.11 Å². The molecule has 0 saturated carbocycles. The molecule has 0 aliphatic heterocycles. The van der Waals surface area contributed by atoms with Crippen LogP contribution in [0, 0.1) is 0 Å². The molecule has 0 radical (unpaired) electrons. The van der Waals surface area contributed by atoms with Crippen LogP contribution in [0.3, 0.4) is 0 Å². The van der Waals surface area contributed by atoms with Gasteiger partial charge >= 0.3 is 0 Å². The Labute approximate surface area is 142 Å². The normalized spacial score (nSPS) is 18.8. The van der Waals surface area contributed by atoms with Gasteiger partial charge in [-0.2, -0.15) is 0 Å². The van der Waals surface area contributed by atoms with Gasteiger partial charge in [-0.1, -0.05) is 70.2 Å². The molecule has 1 aliphatic rings. The van der Waals surface area contributed by atoms with Crippen molar-refractivity contribution in [2.45, 2.75) is 90.4 Å². The molecule has 23 heavy (non-hydrogen) atoms. The van der Waals surface area contributed by atoms with Gasteiger partial charge in [-0.15, -0.1) is 0 Å². The molecule has 0 bridgehead atoms. The number of unbranched alkanes of at least 4 members (excludes halogenated alkanes) is 3. The van der Waals surface area contributed by atoms with Gasteiger partial charge in [0.15, 0.2) is 0 Å². The summed E-state index contributed by atoms with van der Waals surface area (Å²) in [5, 5.41) is 10.6. The molecular weight excluding hydrogens is 280 g/mol. The summed E-state index contributed by atoms with van der Waals surface area (Å²) in [6.45, 7) is 9.07. The summed E-state index contributed by atoms with van der Waals surface area (Å²) in [7, 11) is 0. The molecule has 1 atom stereocenters. The van der Waals surface area contributed by atoms with E-state index in [1.165, 1.54) is 56.1 Å². The molecule has 0 heterocycles. The molecule has 128 valence electrons. The molecule has 0 aromatic heterocycles. The molecule has 1 heteroatoms. The predicted molar refractivity (Wildman–Crippen MR) is 100 cm³/mol. The third-order valence-corrected chi connectivity index (χ3v) is 5.44. The lowest BCUT2D eigenvalue weighted by molar-refractivity contribution is 0.433. The van der Waals surface area contributed by atoms with Gasteiger partial charge in [0.05, 0.1) is 0 Å². The average Bonchev–Trinajstić information content (AvgIpc) is 2.51. The van der Waals surface area contributed by atoms with Crippen LogP contribution in [-0.2, 0) is 5.41 Å². The Morgan fingerprint density at radius 2 is 1.96 bits per heavy atom. The van der Waals surface area contributed by atoms with Crippen molar-refractivity contribution in [2.24, 2.45) is 0 Å². The summed E-state index contributed by atoms with van der Waals surface area (Å²) >= 11 is 0. The molecule has 0 amide bonds. The minimum absolute atomic E-state index is 0.141. The number of hydrogen-bond acceptors (Lipinski definition) is 1. The van der Waals surface area contributed by atoms with E-state index in [-0.39, 0.29) is 5.41 Å². The number of hydrogen-bond donors (Lipinski definition) is 1. The Kier molecular flexibility index (Phi) is 6.33. The zero-order valence-electron chi connectivity index (χ0n) is 15.5. The second-order valence-corrected chi connectivity index (χ2v) is 7.98. The van der Waals surface area contributed by atoms with Crippen LogP contribution in [0.1, 0.15) is 96.1 Å². The van der Waals surface area contributed by atoms with Crippen LogP contribution in [0.5, 0.6) is 5.75 Å². The van der Waals surface area contributed by atoms with Gasteiger partial charge in [0.1, 0.15) is 5.75 Å². The average molecular weight is 315 g/mol. The Hall–Kier alpha value is -1.24. The van der Waals surface area contributed by atoms with E-state index in [9.17, 15) is 5.11 Å². The van der Waals surface area contributed by atoms with Gasteiger partial charge in [-0.25, -0.2) is 0 Å². The van der Waals surface area contributed by atoms with Crippen LogP contribution in [0.15, 0.2) is 29.8 Å². The molecule has 1 nitrogen and oxygen atoms in total. The van der Waals surface area contributed by atoms with Crippen molar-refractivity contribution in [3.63, 3.8) is 0 Å². The minimum atomic E-state index is 0.141. The highest BCUT2D eigenvalue weighted by Crippen LogP contribution is 2.38. The lowest BCUT2D eigenvalue weighted by Crippen LogP contribution is -2.17. The van der Waals surface area contributed by atoms with Crippen molar-refractivity contribution >= 4 is 0 Å². The number of phenols is 1. The highest BCUT2D eigenvalue weighted by atomic mass is 16.3. The zero-order valence-corrected chi connectivity index (χ0v) is 15.5. The van der Waals surface area contributed by atoms with Crippen LogP contribution in [-0.4, -0.2) is 5.11 Å². The standard InChI is InChI=1S/C22H34O/c1-5-6-7-8-14-22(3,4)19-12-13-20(21(23)16-19)18-11-9-10-17(2)15-18/h12-13,15-16,18,23H,5-11,14H2,1-4H3. The third-order valence-electron chi connectivity index (χ3n) is 5.44. The van der Waals surface area contributed by atoms with Crippen LogP contribution >= 0.6 is 0 Å². The smallest absolute Gasteiger partial charge is 0.119 e. The molecule has 1 aromatic carbocycles. The van der Waals surface area contributed by atoms with E-state index in [0.29, 0.717) is 11.7 Å². The summed E-state index contributed by atoms with van der Waals surface area (Å²) in [6, 6.07) is 6.43. The van der Waals surface area contributed by atoms with E-state index < -0.39 is 0 Å². The second kappa shape index (κ2) is 8.04. The molecular formula is C22H34O. The second-order valence-electron chi connectivity index (χ2n) is 7.98. The largest absolute Gasteiger partial charge is 0.508 e. The van der Waals surface area contributed by atoms with Gasteiger partial charge in [-0.3, -0.25) is 0 Å². The zero-order chi connectivity index (χ0) is 16.9. The fourth-order valence-corrected chi connectivity index (χ4v) is 3.77. The fourth-order valence-electron chi connectivity index (χ4n) is 3.77. The van der Waals surface area contributed by atoms with Gasteiger partial charge in [0.25, 0.3) is 0 Å². The first-order chi connectivity index (χ1) is 10.9. The summed E-state index contributed by atoms with van der Waals surface area (Å²) in [6.07, 6.45) is 12.3. The van der Waals surface area contributed by atoms with Crippen molar-refractivity contribution in [3.8, 4) is 5.75 Å². The van der Waals surface area contributed by atoms with Crippen LogP contribution < -0.4 is 0 Å². The highest BCUT2D eigenvalue weighted by molar-refractivity contribution is 5.43. The maximum atomic E-state index is 10.6. The first-order valence-corrected chi connectivity index (χ1v) is 9.44. The quantitative estimate of drug-likeness (QED) is 0.431. The summed E-state index contributed by atoms with van der Waals surface area (Å²) in [5.41, 5.74) is 3.98. The van der Waals surface area contributed by atoms with Crippen LogP contribution in [0.4, 0.5) is 0 Å². The molecule has 1 N–H and O–H groups in total. The Balaban J connectivity index is 2.10. The van der Waals surface area contributed by atoms with E-state index in [0.717, 1.165) is 12.0 Å². The Morgan fingerprint density at radius 1 is 1.17 bits per heavy atom. The van der Waals surface area contributed by atoms with E-state index >= 15 is 0 Å². The van der Waals surface area contributed by atoms with Crippen LogP contribution in [0.25, 0.3) is 0 Å². The topological polar surface area (TPSA) is 20.2 Å². The van der Waals surface area contributed by atoms with Gasteiger partial charge < -0.3 is 5.11 Å². The van der Waals surface area contributed by atoms with Crippen molar-refractivity contribution in [1.29, 1.82) is 0 Å². The Bertz CT molecular complexity index is 539. The maximum Gasteiger partial charge on any atom is 0.119 e. The van der Waals surface area contributed by atoms with E-state index in [1.54, 1.807) is 0 Å². The first-order valence-electron chi connectivity index (χ1n) is 9.44. The molecule has 0 fully saturated rings. The first kappa shape index (κ1) is 18.1. The summed E-state index contributed by atoms with van der Waals surface area (Å²) in [4.78, 5) is 0. The number of rotatable bonds is 7. The number of aromatic hydroxyl groups is 1. The Morgan fingerprint density at radius 3 is 2.61 bits per heavy atom. The highest BCUT2D eigenvalue weighted by Gasteiger charge is 2.23. The van der Waals surface area contributed by atoms with Crippen LogP contribution in [0.2, 0.25) is 0 Å². The molecule has 2 rings (SSSR count). The predicted octanol–water partition coefficient (Wildman–Crippen LogP) is 6.85. The third kappa shape index (κ3) is 4.86. The summed E-state index contributed by atoms with van der Waals surface area (Å²) in [5.74, 6) is 0.880. The van der Waals surface area contributed by atoms with E-state index in [2.05, 4.69) is 45.9 Å². The lowest BCUT2D eigenvalue weighted by atomic mass is 9.78. The molecule has 1 unspecified atom stereocenters. The minimum Gasteiger partial charge on any atom is -0.508 e. The number of phenolic OH excluding ortho intramolecular Hbond substituents is 1.